The van der Waals surface area contributed by atoms with Crippen molar-refractivity contribution >= 4 is 32.7 Å². The highest BCUT2D eigenvalue weighted by Gasteiger charge is 2.17. The summed E-state index contributed by atoms with van der Waals surface area (Å²) in [5, 5.41) is 4.49. The first-order valence-electron chi connectivity index (χ1n) is 17.9. The number of hydrogen-bond donors (Lipinski definition) is 0. The van der Waals surface area contributed by atoms with Crippen molar-refractivity contribution in [1.29, 1.82) is 0 Å². The number of nitrogens with zero attached hydrogens (tertiary/aromatic N) is 2. The Labute approximate surface area is 307 Å². The third-order valence-corrected chi connectivity index (χ3v) is 10.1. The van der Waals surface area contributed by atoms with E-state index in [0.717, 1.165) is 88.6 Å². The molecule has 53 heavy (non-hydrogen) atoms. The van der Waals surface area contributed by atoms with Gasteiger partial charge in [-0.2, -0.15) is 0 Å². The standard InChI is InChI=1S/C50H32N2O/c1-3-13-33(14-4-1)35-25-27-37(28-26-35)46-32-47(52-50(51-46)45-23-11-18-36-17-7-8-19-41(36)45)40-30-38(34-15-5-2-6-16-34)29-39(31-40)42-21-12-22-44-43-20-9-10-24-48(43)53-49(42)44/h1-32H. The molecule has 0 saturated heterocycles. The summed E-state index contributed by atoms with van der Waals surface area (Å²) < 4.78 is 6.54. The summed E-state index contributed by atoms with van der Waals surface area (Å²) in [6, 6.07) is 68.0. The van der Waals surface area contributed by atoms with Crippen LogP contribution in [-0.2, 0) is 0 Å². The molecule has 8 aromatic carbocycles. The Hall–Kier alpha value is -7.10. The smallest absolute Gasteiger partial charge is 0.161 e. The van der Waals surface area contributed by atoms with Gasteiger partial charge >= 0.3 is 0 Å². The van der Waals surface area contributed by atoms with Crippen LogP contribution >= 0.6 is 0 Å². The van der Waals surface area contributed by atoms with Crippen LogP contribution in [0.4, 0.5) is 0 Å². The van der Waals surface area contributed by atoms with Crippen molar-refractivity contribution in [3.63, 3.8) is 0 Å². The van der Waals surface area contributed by atoms with Crippen LogP contribution < -0.4 is 0 Å². The summed E-state index contributed by atoms with van der Waals surface area (Å²) in [5.41, 5.74) is 13.2. The maximum Gasteiger partial charge on any atom is 0.161 e. The van der Waals surface area contributed by atoms with Crippen molar-refractivity contribution in [3.05, 3.63) is 194 Å². The van der Waals surface area contributed by atoms with Crippen LogP contribution in [0.25, 0.3) is 100.0 Å². The van der Waals surface area contributed by atoms with Crippen LogP contribution in [-0.4, -0.2) is 9.97 Å². The van der Waals surface area contributed by atoms with Crippen LogP contribution in [0.15, 0.2) is 199 Å². The van der Waals surface area contributed by atoms with Gasteiger partial charge in [0, 0.05) is 33.0 Å². The minimum absolute atomic E-state index is 0.687. The minimum atomic E-state index is 0.687. The monoisotopic (exact) mass is 676 g/mol. The summed E-state index contributed by atoms with van der Waals surface area (Å²) in [4.78, 5) is 10.6. The fourth-order valence-corrected chi connectivity index (χ4v) is 7.45. The highest BCUT2D eigenvalue weighted by atomic mass is 16.3. The van der Waals surface area contributed by atoms with E-state index in [1.807, 2.05) is 18.2 Å². The van der Waals surface area contributed by atoms with Crippen LogP contribution in [0.5, 0.6) is 0 Å². The van der Waals surface area contributed by atoms with E-state index in [9.17, 15) is 0 Å². The molecule has 248 valence electrons. The maximum absolute atomic E-state index is 6.54. The van der Waals surface area contributed by atoms with Gasteiger partial charge in [-0.05, 0) is 68.9 Å². The normalized spacial score (nSPS) is 11.4. The fourth-order valence-electron chi connectivity index (χ4n) is 7.45. The van der Waals surface area contributed by atoms with Crippen molar-refractivity contribution in [3.8, 4) is 67.3 Å². The zero-order chi connectivity index (χ0) is 35.1. The first-order chi connectivity index (χ1) is 26.2. The topological polar surface area (TPSA) is 38.9 Å². The zero-order valence-corrected chi connectivity index (χ0v) is 28.8. The number of hydrogen-bond acceptors (Lipinski definition) is 3. The van der Waals surface area contributed by atoms with Crippen LogP contribution in [0.1, 0.15) is 0 Å². The Morgan fingerprint density at radius 1 is 0.321 bits per heavy atom. The third kappa shape index (κ3) is 5.65. The molecule has 2 aromatic heterocycles. The largest absolute Gasteiger partial charge is 0.455 e. The molecule has 0 aliphatic carbocycles. The molecule has 0 N–H and O–H groups in total. The highest BCUT2D eigenvalue weighted by Crippen LogP contribution is 2.40. The van der Waals surface area contributed by atoms with Crippen molar-refractivity contribution in [2.75, 3.05) is 0 Å². The molecule has 0 unspecified atom stereocenters. The molecule has 0 saturated carbocycles. The average Bonchev–Trinajstić information content (AvgIpc) is 3.63. The lowest BCUT2D eigenvalue weighted by molar-refractivity contribution is 0.670. The Kier molecular flexibility index (Phi) is 7.47. The number of fused-ring (bicyclic) bond motifs is 4. The Bertz CT molecular complexity index is 2920. The van der Waals surface area contributed by atoms with E-state index in [0.29, 0.717) is 5.82 Å². The van der Waals surface area contributed by atoms with E-state index in [1.54, 1.807) is 0 Å². The van der Waals surface area contributed by atoms with Gasteiger partial charge in [0.1, 0.15) is 11.2 Å². The van der Waals surface area contributed by atoms with Gasteiger partial charge in [0.15, 0.2) is 5.82 Å². The molecule has 0 aliphatic rings. The SMILES string of the molecule is c1ccc(-c2ccc(-c3cc(-c4cc(-c5ccccc5)cc(-c5cccc6c5oc5ccccc56)c4)nc(-c4cccc5ccccc45)n3)cc2)cc1. The number of furan rings is 1. The second-order valence-electron chi connectivity index (χ2n) is 13.4. The molecule has 10 aromatic rings. The molecule has 10 rings (SSSR count). The molecule has 0 amide bonds. The quantitative estimate of drug-likeness (QED) is 0.176. The van der Waals surface area contributed by atoms with Gasteiger partial charge in [-0.25, -0.2) is 9.97 Å². The van der Waals surface area contributed by atoms with Gasteiger partial charge in [-0.15, -0.1) is 0 Å². The molecule has 0 aliphatic heterocycles. The van der Waals surface area contributed by atoms with Gasteiger partial charge in [0.2, 0.25) is 0 Å². The van der Waals surface area contributed by atoms with Gasteiger partial charge in [-0.3, -0.25) is 0 Å². The molecular weight excluding hydrogens is 645 g/mol. The summed E-state index contributed by atoms with van der Waals surface area (Å²) in [7, 11) is 0. The molecular formula is C50H32N2O. The third-order valence-electron chi connectivity index (χ3n) is 10.1. The number of para-hydroxylation sites is 2. The van der Waals surface area contributed by atoms with Crippen LogP contribution in [0.3, 0.4) is 0 Å². The predicted molar refractivity (Wildman–Crippen MR) is 219 cm³/mol. The minimum Gasteiger partial charge on any atom is -0.455 e. The van der Waals surface area contributed by atoms with Crippen LogP contribution in [0, 0.1) is 0 Å². The molecule has 0 atom stereocenters. The Morgan fingerprint density at radius 3 is 1.64 bits per heavy atom. The van der Waals surface area contributed by atoms with E-state index in [2.05, 4.69) is 176 Å². The Morgan fingerprint density at radius 2 is 0.849 bits per heavy atom. The highest BCUT2D eigenvalue weighted by molar-refractivity contribution is 6.10. The maximum atomic E-state index is 6.54. The lowest BCUT2D eigenvalue weighted by Gasteiger charge is -2.14. The van der Waals surface area contributed by atoms with Crippen molar-refractivity contribution < 1.29 is 4.42 Å². The van der Waals surface area contributed by atoms with E-state index < -0.39 is 0 Å². The summed E-state index contributed by atoms with van der Waals surface area (Å²) in [5.74, 6) is 0.687. The van der Waals surface area contributed by atoms with Gasteiger partial charge in [-0.1, -0.05) is 164 Å². The van der Waals surface area contributed by atoms with E-state index in [4.69, 9.17) is 14.4 Å². The summed E-state index contributed by atoms with van der Waals surface area (Å²) in [6.45, 7) is 0. The molecule has 0 bridgehead atoms. The summed E-state index contributed by atoms with van der Waals surface area (Å²) >= 11 is 0. The van der Waals surface area contributed by atoms with Gasteiger partial charge < -0.3 is 4.42 Å². The first-order valence-corrected chi connectivity index (χ1v) is 17.9. The summed E-state index contributed by atoms with van der Waals surface area (Å²) in [6.07, 6.45) is 0. The van der Waals surface area contributed by atoms with Crippen molar-refractivity contribution in [2.45, 2.75) is 0 Å². The molecule has 0 radical (unpaired) electrons. The van der Waals surface area contributed by atoms with Crippen molar-refractivity contribution in [1.82, 2.24) is 9.97 Å². The second-order valence-corrected chi connectivity index (χ2v) is 13.4. The lowest BCUT2D eigenvalue weighted by atomic mass is 9.93. The van der Waals surface area contributed by atoms with Gasteiger partial charge in [0.05, 0.1) is 11.4 Å². The second kappa shape index (κ2) is 12.9. The molecule has 0 spiro atoms. The van der Waals surface area contributed by atoms with E-state index in [-0.39, 0.29) is 0 Å². The molecule has 0 fully saturated rings. The van der Waals surface area contributed by atoms with Crippen LogP contribution in [0.2, 0.25) is 0 Å². The lowest BCUT2D eigenvalue weighted by Crippen LogP contribution is -1.97. The van der Waals surface area contributed by atoms with E-state index in [1.165, 1.54) is 5.56 Å². The average molecular weight is 677 g/mol. The molecule has 3 nitrogen and oxygen atoms in total. The molecule has 2 heterocycles. The number of benzene rings is 8. The molecule has 3 heteroatoms. The fraction of sp³-hybridized carbons (Fsp3) is 0. The predicted octanol–water partition coefficient (Wildman–Crippen LogP) is 13.5. The van der Waals surface area contributed by atoms with Gasteiger partial charge in [0.25, 0.3) is 0 Å². The number of aromatic nitrogens is 2. The number of rotatable bonds is 6. The first kappa shape index (κ1) is 30.7. The zero-order valence-electron chi connectivity index (χ0n) is 28.8. The Balaban J connectivity index is 1.20. The van der Waals surface area contributed by atoms with E-state index >= 15 is 0 Å². The van der Waals surface area contributed by atoms with Crippen molar-refractivity contribution in [2.24, 2.45) is 0 Å².